The first-order valence-corrected chi connectivity index (χ1v) is 7.76. The highest BCUT2D eigenvalue weighted by Crippen LogP contribution is 2.18. The van der Waals surface area contributed by atoms with Crippen LogP contribution in [-0.2, 0) is 6.42 Å². The molecule has 19 heavy (non-hydrogen) atoms. The number of aromatic nitrogens is 1. The Kier molecular flexibility index (Phi) is 5.11. The summed E-state index contributed by atoms with van der Waals surface area (Å²) in [6.07, 6.45) is 2.88. The Labute approximate surface area is 119 Å². The quantitative estimate of drug-likeness (QED) is 0.855. The Morgan fingerprint density at radius 1 is 1.11 bits per heavy atom. The molecule has 1 heterocycles. The number of hydrogen-bond acceptors (Lipinski definition) is 3. The summed E-state index contributed by atoms with van der Waals surface area (Å²) in [5.74, 6) is 0.599. The Hall–Kier alpha value is -1.19. The van der Waals surface area contributed by atoms with Gasteiger partial charge >= 0.3 is 0 Å². The lowest BCUT2D eigenvalue weighted by Crippen LogP contribution is -2.21. The molecule has 1 N–H and O–H groups in total. The van der Waals surface area contributed by atoms with E-state index in [4.69, 9.17) is 0 Å². The second-order valence-corrected chi connectivity index (χ2v) is 6.15. The van der Waals surface area contributed by atoms with E-state index in [0.29, 0.717) is 12.0 Å². The molecule has 1 aromatic carbocycles. The summed E-state index contributed by atoms with van der Waals surface area (Å²) in [4.78, 5) is 4.30. The average Bonchev–Trinajstić information content (AvgIpc) is 2.92. The van der Waals surface area contributed by atoms with Gasteiger partial charge in [-0.25, -0.2) is 4.98 Å². The zero-order valence-electron chi connectivity index (χ0n) is 11.9. The van der Waals surface area contributed by atoms with Gasteiger partial charge in [0.25, 0.3) is 0 Å². The van der Waals surface area contributed by atoms with Crippen molar-refractivity contribution in [3.8, 4) is 0 Å². The highest BCUT2D eigenvalue weighted by molar-refractivity contribution is 7.09. The third-order valence-electron chi connectivity index (χ3n) is 3.38. The molecule has 0 saturated carbocycles. The van der Waals surface area contributed by atoms with Gasteiger partial charge in [-0.2, -0.15) is 0 Å². The molecule has 0 fully saturated rings. The fraction of sp³-hybridized carbons (Fsp3) is 0.438. The average molecular weight is 274 g/mol. The van der Waals surface area contributed by atoms with Gasteiger partial charge in [0.2, 0.25) is 0 Å². The Morgan fingerprint density at radius 2 is 1.79 bits per heavy atom. The molecule has 0 aliphatic rings. The van der Waals surface area contributed by atoms with E-state index in [1.54, 1.807) is 11.3 Å². The Morgan fingerprint density at radius 3 is 2.37 bits per heavy atom. The normalized spacial score (nSPS) is 12.8. The van der Waals surface area contributed by atoms with Crippen LogP contribution in [0.4, 0.5) is 0 Å². The minimum absolute atomic E-state index is 0.390. The summed E-state index contributed by atoms with van der Waals surface area (Å²) in [5.41, 5.74) is 2.75. The molecule has 2 rings (SSSR count). The van der Waals surface area contributed by atoms with Crippen molar-refractivity contribution >= 4 is 11.3 Å². The van der Waals surface area contributed by atoms with Crippen molar-refractivity contribution in [3.05, 3.63) is 52.0 Å². The van der Waals surface area contributed by atoms with Crippen molar-refractivity contribution in [2.24, 2.45) is 0 Å². The van der Waals surface area contributed by atoms with Crippen LogP contribution in [0.25, 0.3) is 0 Å². The number of rotatable bonds is 6. The van der Waals surface area contributed by atoms with E-state index >= 15 is 0 Å². The van der Waals surface area contributed by atoms with Crippen molar-refractivity contribution in [2.75, 3.05) is 6.54 Å². The molecular weight excluding hydrogens is 252 g/mol. The summed E-state index contributed by atoms with van der Waals surface area (Å²) in [6, 6.07) is 9.33. The largest absolute Gasteiger partial charge is 0.310 e. The molecule has 0 aliphatic heterocycles. The van der Waals surface area contributed by atoms with Gasteiger partial charge in [-0.15, -0.1) is 11.3 Å². The lowest BCUT2D eigenvalue weighted by molar-refractivity contribution is 0.576. The van der Waals surface area contributed by atoms with Gasteiger partial charge in [0.15, 0.2) is 0 Å². The summed E-state index contributed by atoms with van der Waals surface area (Å²) >= 11 is 1.72. The van der Waals surface area contributed by atoms with Gasteiger partial charge in [-0.05, 0) is 24.0 Å². The number of benzene rings is 1. The fourth-order valence-electron chi connectivity index (χ4n) is 2.06. The first-order valence-electron chi connectivity index (χ1n) is 6.88. The zero-order valence-corrected chi connectivity index (χ0v) is 12.7. The van der Waals surface area contributed by atoms with Crippen molar-refractivity contribution in [3.63, 3.8) is 0 Å². The molecule has 3 heteroatoms. The molecule has 0 radical (unpaired) electrons. The maximum absolute atomic E-state index is 4.30. The van der Waals surface area contributed by atoms with Crippen LogP contribution in [0.2, 0.25) is 0 Å². The first-order chi connectivity index (χ1) is 9.16. The highest BCUT2D eigenvalue weighted by atomic mass is 32.1. The van der Waals surface area contributed by atoms with Crippen LogP contribution in [0, 0.1) is 0 Å². The van der Waals surface area contributed by atoms with E-state index in [1.807, 2.05) is 11.6 Å². The van der Waals surface area contributed by atoms with Crippen molar-refractivity contribution < 1.29 is 0 Å². The second-order valence-electron chi connectivity index (χ2n) is 5.17. The lowest BCUT2D eigenvalue weighted by Gasteiger charge is -2.15. The highest BCUT2D eigenvalue weighted by Gasteiger charge is 2.06. The molecule has 102 valence electrons. The van der Waals surface area contributed by atoms with Gasteiger partial charge in [-0.3, -0.25) is 0 Å². The Balaban J connectivity index is 1.83. The number of hydrogen-bond donors (Lipinski definition) is 1. The summed E-state index contributed by atoms with van der Waals surface area (Å²) in [6.45, 7) is 7.64. The molecular formula is C16H22N2S. The standard InChI is InChI=1S/C16H22N2S/c1-12(2)14-4-6-15(7-5-14)13(3)17-9-8-16-18-10-11-19-16/h4-7,10-13,17H,8-9H2,1-3H3. The van der Waals surface area contributed by atoms with Crippen LogP contribution < -0.4 is 5.32 Å². The molecule has 1 unspecified atom stereocenters. The van der Waals surface area contributed by atoms with E-state index in [-0.39, 0.29) is 0 Å². The van der Waals surface area contributed by atoms with Gasteiger partial charge in [0.1, 0.15) is 0 Å². The van der Waals surface area contributed by atoms with Crippen molar-refractivity contribution in [1.29, 1.82) is 0 Å². The number of thiazole rings is 1. The lowest BCUT2D eigenvalue weighted by atomic mass is 9.99. The molecule has 1 atom stereocenters. The topological polar surface area (TPSA) is 24.9 Å². The summed E-state index contributed by atoms with van der Waals surface area (Å²) in [5, 5.41) is 6.79. The monoisotopic (exact) mass is 274 g/mol. The molecule has 0 bridgehead atoms. The fourth-order valence-corrected chi connectivity index (χ4v) is 2.68. The van der Waals surface area contributed by atoms with Crippen molar-refractivity contribution in [1.82, 2.24) is 10.3 Å². The molecule has 0 saturated heterocycles. The maximum atomic E-state index is 4.30. The molecule has 0 aliphatic carbocycles. The van der Waals surface area contributed by atoms with Crippen LogP contribution in [0.15, 0.2) is 35.8 Å². The number of nitrogens with zero attached hydrogens (tertiary/aromatic N) is 1. The molecule has 1 aromatic heterocycles. The van der Waals surface area contributed by atoms with E-state index in [1.165, 1.54) is 16.1 Å². The third kappa shape index (κ3) is 4.15. The van der Waals surface area contributed by atoms with E-state index in [9.17, 15) is 0 Å². The van der Waals surface area contributed by atoms with Crippen molar-refractivity contribution in [2.45, 2.75) is 39.2 Å². The SMILES string of the molecule is CC(C)c1ccc(C(C)NCCc2nccs2)cc1. The summed E-state index contributed by atoms with van der Waals surface area (Å²) in [7, 11) is 0. The van der Waals surface area contributed by atoms with Crippen LogP contribution in [0.1, 0.15) is 48.9 Å². The predicted molar refractivity (Wildman–Crippen MR) is 82.8 cm³/mol. The van der Waals surface area contributed by atoms with E-state index in [2.05, 4.69) is 55.3 Å². The smallest absolute Gasteiger partial charge is 0.0937 e. The van der Waals surface area contributed by atoms with Gasteiger partial charge in [-0.1, -0.05) is 38.1 Å². The second kappa shape index (κ2) is 6.83. The first kappa shape index (κ1) is 14.2. The minimum atomic E-state index is 0.390. The van der Waals surface area contributed by atoms with Gasteiger partial charge in [0, 0.05) is 30.6 Å². The maximum Gasteiger partial charge on any atom is 0.0937 e. The molecule has 2 nitrogen and oxygen atoms in total. The molecule has 0 spiro atoms. The zero-order chi connectivity index (χ0) is 13.7. The molecule has 2 aromatic rings. The summed E-state index contributed by atoms with van der Waals surface area (Å²) < 4.78 is 0. The third-order valence-corrected chi connectivity index (χ3v) is 4.22. The van der Waals surface area contributed by atoms with Gasteiger partial charge in [0.05, 0.1) is 5.01 Å². The predicted octanol–water partition coefficient (Wildman–Crippen LogP) is 4.16. The number of nitrogens with one attached hydrogen (secondary N) is 1. The van der Waals surface area contributed by atoms with Crippen LogP contribution in [-0.4, -0.2) is 11.5 Å². The van der Waals surface area contributed by atoms with Crippen LogP contribution in [0.5, 0.6) is 0 Å². The van der Waals surface area contributed by atoms with Crippen LogP contribution >= 0.6 is 11.3 Å². The molecule has 0 amide bonds. The van der Waals surface area contributed by atoms with E-state index in [0.717, 1.165) is 13.0 Å². The minimum Gasteiger partial charge on any atom is -0.310 e. The van der Waals surface area contributed by atoms with Crippen LogP contribution in [0.3, 0.4) is 0 Å². The van der Waals surface area contributed by atoms with Gasteiger partial charge < -0.3 is 5.32 Å². The van der Waals surface area contributed by atoms with E-state index < -0.39 is 0 Å². The Bertz CT molecular complexity index is 474.